The molecule has 2 rings (SSSR count). The Balaban J connectivity index is 2.13. The Morgan fingerprint density at radius 1 is 1.25 bits per heavy atom. The predicted molar refractivity (Wildman–Crippen MR) is 89.9 cm³/mol. The van der Waals surface area contributed by atoms with Gasteiger partial charge in [0.25, 0.3) is 0 Å². The van der Waals surface area contributed by atoms with Crippen molar-refractivity contribution >= 4 is 33.2 Å². The standard InChI is InChI=1S/C16H18BrClN2/c1-11(13-5-3-4-6-15(13)18)20(2)10-12-7-8-16(19)14(17)9-12/h3-9,11H,10,19H2,1-2H3. The molecule has 106 valence electrons. The van der Waals surface area contributed by atoms with Crippen LogP contribution in [0, 0.1) is 0 Å². The zero-order chi connectivity index (χ0) is 14.7. The number of benzene rings is 2. The van der Waals surface area contributed by atoms with Gasteiger partial charge in [-0.3, -0.25) is 4.90 Å². The lowest BCUT2D eigenvalue weighted by Gasteiger charge is -2.26. The monoisotopic (exact) mass is 352 g/mol. The van der Waals surface area contributed by atoms with Crippen LogP contribution < -0.4 is 5.73 Å². The van der Waals surface area contributed by atoms with E-state index in [2.05, 4.69) is 53.0 Å². The number of anilines is 1. The van der Waals surface area contributed by atoms with Crippen molar-refractivity contribution in [2.24, 2.45) is 0 Å². The number of hydrogen-bond acceptors (Lipinski definition) is 2. The maximum absolute atomic E-state index is 6.26. The van der Waals surface area contributed by atoms with E-state index in [0.29, 0.717) is 0 Å². The SMILES string of the molecule is CC(c1ccccc1Cl)N(C)Cc1ccc(N)c(Br)c1. The molecule has 0 spiro atoms. The fraction of sp³-hybridized carbons (Fsp3) is 0.250. The van der Waals surface area contributed by atoms with Crippen LogP contribution in [0.25, 0.3) is 0 Å². The van der Waals surface area contributed by atoms with Crippen molar-refractivity contribution in [2.45, 2.75) is 19.5 Å². The Morgan fingerprint density at radius 2 is 1.95 bits per heavy atom. The summed E-state index contributed by atoms with van der Waals surface area (Å²) in [4.78, 5) is 2.26. The molecule has 1 atom stereocenters. The van der Waals surface area contributed by atoms with E-state index in [4.69, 9.17) is 17.3 Å². The first-order valence-corrected chi connectivity index (χ1v) is 7.64. The molecule has 0 saturated carbocycles. The molecule has 0 aliphatic heterocycles. The fourth-order valence-corrected chi connectivity index (χ4v) is 2.87. The van der Waals surface area contributed by atoms with Crippen LogP contribution >= 0.6 is 27.5 Å². The molecule has 0 heterocycles. The third kappa shape index (κ3) is 3.54. The molecule has 0 fully saturated rings. The van der Waals surface area contributed by atoms with Gasteiger partial charge in [-0.2, -0.15) is 0 Å². The second kappa shape index (κ2) is 6.61. The van der Waals surface area contributed by atoms with E-state index in [1.165, 1.54) is 5.56 Å². The molecular formula is C16H18BrClN2. The van der Waals surface area contributed by atoms with E-state index in [-0.39, 0.29) is 6.04 Å². The second-order valence-electron chi connectivity index (χ2n) is 4.97. The summed E-state index contributed by atoms with van der Waals surface area (Å²) in [6, 6.07) is 14.3. The molecule has 2 aromatic rings. The van der Waals surface area contributed by atoms with Crippen molar-refractivity contribution in [3.8, 4) is 0 Å². The lowest BCUT2D eigenvalue weighted by Crippen LogP contribution is -2.22. The first-order chi connectivity index (χ1) is 9.49. The molecule has 0 aromatic heterocycles. The molecule has 2 N–H and O–H groups in total. The Hall–Kier alpha value is -1.03. The summed E-state index contributed by atoms with van der Waals surface area (Å²) in [5.74, 6) is 0. The highest BCUT2D eigenvalue weighted by Gasteiger charge is 2.14. The van der Waals surface area contributed by atoms with Gasteiger partial charge in [0, 0.05) is 27.8 Å². The van der Waals surface area contributed by atoms with Gasteiger partial charge in [0.15, 0.2) is 0 Å². The summed E-state index contributed by atoms with van der Waals surface area (Å²) < 4.78 is 0.939. The summed E-state index contributed by atoms with van der Waals surface area (Å²) in [6.07, 6.45) is 0. The van der Waals surface area contributed by atoms with Gasteiger partial charge in [-0.1, -0.05) is 35.9 Å². The Kier molecular flexibility index (Phi) is 5.08. The van der Waals surface area contributed by atoms with E-state index in [1.54, 1.807) is 0 Å². The number of halogens is 2. The highest BCUT2D eigenvalue weighted by atomic mass is 79.9. The van der Waals surface area contributed by atoms with Crippen LogP contribution in [-0.4, -0.2) is 11.9 Å². The van der Waals surface area contributed by atoms with Crippen molar-refractivity contribution < 1.29 is 0 Å². The number of hydrogen-bond donors (Lipinski definition) is 1. The summed E-state index contributed by atoms with van der Waals surface area (Å²) in [5, 5.41) is 0.810. The molecule has 0 radical (unpaired) electrons. The number of nitrogens with two attached hydrogens (primary N) is 1. The van der Waals surface area contributed by atoms with Gasteiger partial charge in [0.05, 0.1) is 0 Å². The van der Waals surface area contributed by atoms with Crippen LogP contribution in [0.5, 0.6) is 0 Å². The number of rotatable bonds is 4. The highest BCUT2D eigenvalue weighted by molar-refractivity contribution is 9.10. The summed E-state index contributed by atoms with van der Waals surface area (Å²) in [7, 11) is 2.10. The van der Waals surface area contributed by atoms with Gasteiger partial charge in [0.1, 0.15) is 0 Å². The van der Waals surface area contributed by atoms with Gasteiger partial charge in [0.2, 0.25) is 0 Å². The second-order valence-corrected chi connectivity index (χ2v) is 6.23. The maximum Gasteiger partial charge on any atom is 0.0458 e. The topological polar surface area (TPSA) is 29.3 Å². The molecule has 2 nitrogen and oxygen atoms in total. The molecule has 20 heavy (non-hydrogen) atoms. The van der Waals surface area contributed by atoms with Crippen molar-refractivity contribution in [1.29, 1.82) is 0 Å². The first-order valence-electron chi connectivity index (χ1n) is 6.47. The minimum Gasteiger partial charge on any atom is -0.398 e. The average molecular weight is 354 g/mol. The molecule has 2 aromatic carbocycles. The van der Waals surface area contributed by atoms with Crippen molar-refractivity contribution in [3.05, 3.63) is 63.1 Å². The zero-order valence-electron chi connectivity index (χ0n) is 11.6. The summed E-state index contributed by atoms with van der Waals surface area (Å²) >= 11 is 9.73. The minimum absolute atomic E-state index is 0.250. The van der Waals surface area contributed by atoms with Crippen LogP contribution in [0.2, 0.25) is 5.02 Å². The van der Waals surface area contributed by atoms with Crippen LogP contribution in [-0.2, 0) is 6.54 Å². The average Bonchev–Trinajstić information content (AvgIpc) is 2.42. The molecule has 0 amide bonds. The van der Waals surface area contributed by atoms with Crippen LogP contribution in [0.15, 0.2) is 46.9 Å². The lowest BCUT2D eigenvalue weighted by atomic mass is 10.1. The van der Waals surface area contributed by atoms with E-state index >= 15 is 0 Å². The molecular weight excluding hydrogens is 336 g/mol. The number of nitrogens with zero attached hydrogens (tertiary/aromatic N) is 1. The van der Waals surface area contributed by atoms with E-state index in [1.807, 2.05) is 24.3 Å². The summed E-state index contributed by atoms with van der Waals surface area (Å²) in [5.41, 5.74) is 8.93. The lowest BCUT2D eigenvalue weighted by molar-refractivity contribution is 0.253. The van der Waals surface area contributed by atoms with Crippen LogP contribution in [0.3, 0.4) is 0 Å². The molecule has 0 bridgehead atoms. The zero-order valence-corrected chi connectivity index (χ0v) is 13.9. The van der Waals surface area contributed by atoms with Crippen molar-refractivity contribution in [3.63, 3.8) is 0 Å². The number of nitrogen functional groups attached to an aromatic ring is 1. The minimum atomic E-state index is 0.250. The third-order valence-corrected chi connectivity index (χ3v) is 4.54. The van der Waals surface area contributed by atoms with Crippen LogP contribution in [0.1, 0.15) is 24.1 Å². The predicted octanol–water partition coefficient (Wildman–Crippen LogP) is 4.88. The molecule has 4 heteroatoms. The molecule has 0 aliphatic carbocycles. The van der Waals surface area contributed by atoms with Gasteiger partial charge >= 0.3 is 0 Å². The molecule has 0 aliphatic rings. The Bertz CT molecular complexity index is 601. The summed E-state index contributed by atoms with van der Waals surface area (Å²) in [6.45, 7) is 3.00. The Labute approximate surface area is 133 Å². The van der Waals surface area contributed by atoms with E-state index in [9.17, 15) is 0 Å². The third-order valence-electron chi connectivity index (χ3n) is 3.51. The van der Waals surface area contributed by atoms with E-state index in [0.717, 1.165) is 27.3 Å². The smallest absolute Gasteiger partial charge is 0.0458 e. The Morgan fingerprint density at radius 3 is 2.60 bits per heavy atom. The van der Waals surface area contributed by atoms with E-state index < -0.39 is 0 Å². The van der Waals surface area contributed by atoms with Crippen LogP contribution in [0.4, 0.5) is 5.69 Å². The van der Waals surface area contributed by atoms with Gasteiger partial charge < -0.3 is 5.73 Å². The highest BCUT2D eigenvalue weighted by Crippen LogP contribution is 2.28. The van der Waals surface area contributed by atoms with Crippen molar-refractivity contribution in [2.75, 3.05) is 12.8 Å². The van der Waals surface area contributed by atoms with Crippen molar-refractivity contribution in [1.82, 2.24) is 4.90 Å². The molecule has 0 saturated heterocycles. The maximum atomic E-state index is 6.26. The fourth-order valence-electron chi connectivity index (χ4n) is 2.15. The van der Waals surface area contributed by atoms with Gasteiger partial charge in [-0.15, -0.1) is 0 Å². The van der Waals surface area contributed by atoms with Gasteiger partial charge in [-0.05, 0) is 59.2 Å². The van der Waals surface area contributed by atoms with Gasteiger partial charge in [-0.25, -0.2) is 0 Å². The first kappa shape index (κ1) is 15.4. The largest absolute Gasteiger partial charge is 0.398 e. The molecule has 1 unspecified atom stereocenters. The quantitative estimate of drug-likeness (QED) is 0.794. The normalized spacial score (nSPS) is 12.7.